The van der Waals surface area contributed by atoms with Crippen LogP contribution in [0.1, 0.15) is 25.8 Å². The van der Waals surface area contributed by atoms with Gasteiger partial charge in [-0.2, -0.15) is 4.31 Å². The van der Waals surface area contributed by atoms with Crippen molar-refractivity contribution in [1.29, 1.82) is 0 Å². The number of hydrogen-bond donors (Lipinski definition) is 1. The lowest BCUT2D eigenvalue weighted by Crippen LogP contribution is -2.41. The molecular weight excluding hydrogens is 270 g/mol. The zero-order valence-electron chi connectivity index (χ0n) is 11.3. The quantitative estimate of drug-likeness (QED) is 0.860. The van der Waals surface area contributed by atoms with E-state index in [1.807, 2.05) is 20.8 Å². The molecule has 7 heteroatoms. The molecule has 1 heterocycles. The van der Waals surface area contributed by atoms with Crippen molar-refractivity contribution in [3.8, 4) is 0 Å². The zero-order chi connectivity index (χ0) is 14.0. The van der Waals surface area contributed by atoms with Crippen LogP contribution < -0.4 is 5.73 Å². The lowest BCUT2D eigenvalue weighted by molar-refractivity contribution is 0.273. The summed E-state index contributed by atoms with van der Waals surface area (Å²) in [5.74, 6) is 0. The normalized spacial score (nSPS) is 13.2. The Morgan fingerprint density at radius 2 is 2.11 bits per heavy atom. The monoisotopic (exact) mass is 291 g/mol. The third-order valence-electron chi connectivity index (χ3n) is 2.70. The Labute approximate surface area is 113 Å². The second kappa shape index (κ2) is 5.64. The molecule has 2 N–H and O–H groups in total. The Bertz CT molecular complexity index is 494. The fourth-order valence-electron chi connectivity index (χ4n) is 1.50. The first-order chi connectivity index (χ1) is 8.23. The smallest absolute Gasteiger partial charge is 0.254 e. The minimum atomic E-state index is -3.44. The number of rotatable bonds is 6. The molecule has 0 fully saturated rings. The molecule has 0 atom stereocenters. The number of aryl methyl sites for hydroxylation is 1. The summed E-state index contributed by atoms with van der Waals surface area (Å²) in [6.07, 6.45) is 1.42. The zero-order valence-corrected chi connectivity index (χ0v) is 12.9. The van der Waals surface area contributed by atoms with Crippen LogP contribution in [-0.2, 0) is 10.0 Å². The molecule has 0 unspecified atom stereocenters. The maximum atomic E-state index is 12.4. The van der Waals surface area contributed by atoms with Crippen molar-refractivity contribution in [2.75, 3.05) is 19.6 Å². The highest BCUT2D eigenvalue weighted by Gasteiger charge is 2.30. The van der Waals surface area contributed by atoms with Crippen molar-refractivity contribution in [3.05, 3.63) is 11.2 Å². The first kappa shape index (κ1) is 15.6. The number of aromatic nitrogens is 1. The summed E-state index contributed by atoms with van der Waals surface area (Å²) in [5, 5.41) is 0.753. The van der Waals surface area contributed by atoms with Crippen LogP contribution in [0.4, 0.5) is 0 Å². The van der Waals surface area contributed by atoms with Crippen LogP contribution in [0.25, 0.3) is 0 Å². The van der Waals surface area contributed by atoms with Crippen LogP contribution in [0, 0.1) is 12.3 Å². The van der Waals surface area contributed by atoms with Gasteiger partial charge in [0, 0.05) is 13.1 Å². The van der Waals surface area contributed by atoms with E-state index in [2.05, 4.69) is 4.98 Å². The second-order valence-electron chi connectivity index (χ2n) is 5.00. The SMILES string of the molecule is CCN(CC(C)(C)CN)S(=O)(=O)c1cnc(C)s1. The van der Waals surface area contributed by atoms with Gasteiger partial charge in [0.25, 0.3) is 10.0 Å². The fourth-order valence-corrected chi connectivity index (χ4v) is 4.40. The molecule has 1 aromatic rings. The molecule has 0 aliphatic heterocycles. The summed E-state index contributed by atoms with van der Waals surface area (Å²) >= 11 is 1.20. The number of nitrogens with two attached hydrogens (primary N) is 1. The van der Waals surface area contributed by atoms with Gasteiger partial charge in [0.1, 0.15) is 0 Å². The van der Waals surface area contributed by atoms with E-state index in [4.69, 9.17) is 5.73 Å². The Kier molecular flexibility index (Phi) is 4.88. The molecule has 0 aliphatic rings. The number of sulfonamides is 1. The second-order valence-corrected chi connectivity index (χ2v) is 8.40. The summed E-state index contributed by atoms with van der Waals surface area (Å²) in [6.45, 7) is 8.84. The summed E-state index contributed by atoms with van der Waals surface area (Å²) in [4.78, 5) is 4.00. The molecule has 0 radical (unpaired) electrons. The third kappa shape index (κ3) is 3.50. The molecule has 1 rings (SSSR count). The minimum Gasteiger partial charge on any atom is -0.330 e. The molecule has 5 nitrogen and oxygen atoms in total. The highest BCUT2D eigenvalue weighted by Crippen LogP contribution is 2.25. The van der Waals surface area contributed by atoms with Gasteiger partial charge in [0.15, 0.2) is 4.21 Å². The minimum absolute atomic E-state index is 0.233. The van der Waals surface area contributed by atoms with Crippen molar-refractivity contribution in [1.82, 2.24) is 9.29 Å². The highest BCUT2D eigenvalue weighted by molar-refractivity contribution is 7.91. The van der Waals surface area contributed by atoms with Gasteiger partial charge in [-0.3, -0.25) is 0 Å². The van der Waals surface area contributed by atoms with Crippen molar-refractivity contribution in [2.45, 2.75) is 31.9 Å². The number of thiazole rings is 1. The number of nitrogens with zero attached hydrogens (tertiary/aromatic N) is 2. The van der Waals surface area contributed by atoms with Crippen molar-refractivity contribution < 1.29 is 8.42 Å². The Hall–Kier alpha value is -0.500. The largest absolute Gasteiger partial charge is 0.330 e. The van der Waals surface area contributed by atoms with Crippen LogP contribution in [0.15, 0.2) is 10.4 Å². The fraction of sp³-hybridized carbons (Fsp3) is 0.727. The third-order valence-corrected chi connectivity index (χ3v) is 5.97. The Balaban J connectivity index is 3.01. The van der Waals surface area contributed by atoms with Crippen molar-refractivity contribution >= 4 is 21.4 Å². The molecule has 0 aromatic carbocycles. The van der Waals surface area contributed by atoms with Gasteiger partial charge >= 0.3 is 0 Å². The van der Waals surface area contributed by atoms with Crippen LogP contribution in [0.2, 0.25) is 0 Å². The molecular formula is C11H21N3O2S2. The van der Waals surface area contributed by atoms with E-state index >= 15 is 0 Å². The van der Waals surface area contributed by atoms with E-state index < -0.39 is 10.0 Å². The van der Waals surface area contributed by atoms with Gasteiger partial charge in [0.2, 0.25) is 0 Å². The molecule has 0 saturated carbocycles. The highest BCUT2D eigenvalue weighted by atomic mass is 32.2. The van der Waals surface area contributed by atoms with E-state index in [0.717, 1.165) is 5.01 Å². The Morgan fingerprint density at radius 1 is 1.50 bits per heavy atom. The molecule has 18 heavy (non-hydrogen) atoms. The van der Waals surface area contributed by atoms with Gasteiger partial charge in [0.05, 0.1) is 11.2 Å². The Morgan fingerprint density at radius 3 is 2.50 bits per heavy atom. The van der Waals surface area contributed by atoms with Crippen LogP contribution in [0.3, 0.4) is 0 Å². The van der Waals surface area contributed by atoms with Gasteiger partial charge in [-0.05, 0) is 18.9 Å². The van der Waals surface area contributed by atoms with Gasteiger partial charge in [-0.1, -0.05) is 20.8 Å². The maximum absolute atomic E-state index is 12.4. The standard InChI is InChI=1S/C11H21N3O2S2/c1-5-14(8-11(3,4)7-12)18(15,16)10-6-13-9(2)17-10/h6H,5,7-8,12H2,1-4H3. The number of hydrogen-bond acceptors (Lipinski definition) is 5. The molecule has 0 saturated heterocycles. The van der Waals surface area contributed by atoms with Gasteiger partial charge in [-0.15, -0.1) is 11.3 Å². The maximum Gasteiger partial charge on any atom is 0.254 e. The molecule has 104 valence electrons. The molecule has 0 spiro atoms. The van der Waals surface area contributed by atoms with Crippen LogP contribution in [0.5, 0.6) is 0 Å². The first-order valence-electron chi connectivity index (χ1n) is 5.85. The van der Waals surface area contributed by atoms with Crippen LogP contribution >= 0.6 is 11.3 Å². The molecule has 0 amide bonds. The summed E-state index contributed by atoms with van der Waals surface area (Å²) < 4.78 is 26.6. The van der Waals surface area contributed by atoms with E-state index in [1.54, 1.807) is 6.92 Å². The molecule has 1 aromatic heterocycles. The lowest BCUT2D eigenvalue weighted by Gasteiger charge is -2.29. The lowest BCUT2D eigenvalue weighted by atomic mass is 9.94. The van der Waals surface area contributed by atoms with E-state index in [0.29, 0.717) is 23.8 Å². The summed E-state index contributed by atoms with van der Waals surface area (Å²) in [7, 11) is -3.44. The van der Waals surface area contributed by atoms with Crippen molar-refractivity contribution in [3.63, 3.8) is 0 Å². The van der Waals surface area contributed by atoms with E-state index in [9.17, 15) is 8.42 Å². The van der Waals surface area contributed by atoms with Gasteiger partial charge in [-0.25, -0.2) is 13.4 Å². The van der Waals surface area contributed by atoms with Crippen molar-refractivity contribution in [2.24, 2.45) is 11.1 Å². The van der Waals surface area contributed by atoms with E-state index in [-0.39, 0.29) is 5.41 Å². The average molecular weight is 291 g/mol. The molecule has 0 aliphatic carbocycles. The van der Waals surface area contributed by atoms with Crippen LogP contribution in [-0.4, -0.2) is 37.3 Å². The first-order valence-corrected chi connectivity index (χ1v) is 8.11. The predicted octanol–water partition coefficient (Wildman–Crippen LogP) is 1.45. The topological polar surface area (TPSA) is 76.3 Å². The van der Waals surface area contributed by atoms with Gasteiger partial charge < -0.3 is 5.73 Å². The molecule has 0 bridgehead atoms. The summed E-state index contributed by atoms with van der Waals surface area (Å²) in [6, 6.07) is 0. The van der Waals surface area contributed by atoms with E-state index in [1.165, 1.54) is 21.8 Å². The average Bonchev–Trinajstić information content (AvgIpc) is 2.73. The predicted molar refractivity (Wildman–Crippen MR) is 74.1 cm³/mol. The summed E-state index contributed by atoms with van der Waals surface area (Å²) in [5.41, 5.74) is 5.43.